The Kier molecular flexibility index (Phi) is 4.44. The highest BCUT2D eigenvalue weighted by molar-refractivity contribution is 5.72. The summed E-state index contributed by atoms with van der Waals surface area (Å²) in [4.78, 5) is 20.9. The lowest BCUT2D eigenvalue weighted by molar-refractivity contribution is -0.483. The van der Waals surface area contributed by atoms with Crippen molar-refractivity contribution in [1.82, 2.24) is 5.32 Å². The zero-order valence-corrected chi connectivity index (χ0v) is 9.05. The SMILES string of the molecule is CC(=O)NCC(C[N+](=O)[O-])c1ccccc1. The second-order valence-corrected chi connectivity index (χ2v) is 3.56. The van der Waals surface area contributed by atoms with E-state index < -0.39 is 0 Å². The monoisotopic (exact) mass is 222 g/mol. The van der Waals surface area contributed by atoms with E-state index in [4.69, 9.17) is 0 Å². The molecular weight excluding hydrogens is 208 g/mol. The predicted octanol–water partition coefficient (Wildman–Crippen LogP) is 1.18. The summed E-state index contributed by atoms with van der Waals surface area (Å²) < 4.78 is 0. The summed E-state index contributed by atoms with van der Waals surface area (Å²) in [7, 11) is 0. The number of carbonyl (C=O) groups is 1. The number of amides is 1. The quantitative estimate of drug-likeness (QED) is 0.600. The van der Waals surface area contributed by atoms with Crippen molar-refractivity contribution in [3.8, 4) is 0 Å². The van der Waals surface area contributed by atoms with Gasteiger partial charge in [0, 0.05) is 18.4 Å². The number of rotatable bonds is 5. The van der Waals surface area contributed by atoms with Crippen molar-refractivity contribution in [2.75, 3.05) is 13.1 Å². The van der Waals surface area contributed by atoms with Crippen molar-refractivity contribution in [3.63, 3.8) is 0 Å². The van der Waals surface area contributed by atoms with E-state index in [9.17, 15) is 14.9 Å². The Morgan fingerprint density at radius 3 is 2.56 bits per heavy atom. The normalized spacial score (nSPS) is 11.8. The molecule has 5 heteroatoms. The molecule has 1 unspecified atom stereocenters. The maximum atomic E-state index is 10.8. The third-order valence-electron chi connectivity index (χ3n) is 2.24. The lowest BCUT2D eigenvalue weighted by Crippen LogP contribution is -2.29. The molecule has 1 N–H and O–H groups in total. The molecule has 1 atom stereocenters. The molecule has 0 saturated carbocycles. The van der Waals surface area contributed by atoms with Gasteiger partial charge >= 0.3 is 0 Å². The average Bonchev–Trinajstić information content (AvgIpc) is 2.25. The Hall–Kier alpha value is -1.91. The van der Waals surface area contributed by atoms with Crippen LogP contribution in [0.3, 0.4) is 0 Å². The number of benzene rings is 1. The first kappa shape index (κ1) is 12.2. The molecule has 0 aliphatic carbocycles. The molecule has 0 radical (unpaired) electrons. The highest BCUT2D eigenvalue weighted by Gasteiger charge is 2.17. The maximum absolute atomic E-state index is 10.8. The highest BCUT2D eigenvalue weighted by Crippen LogP contribution is 2.14. The molecule has 86 valence electrons. The van der Waals surface area contributed by atoms with Crippen LogP contribution in [0.1, 0.15) is 18.4 Å². The van der Waals surface area contributed by atoms with Crippen LogP contribution in [0.4, 0.5) is 0 Å². The summed E-state index contributed by atoms with van der Waals surface area (Å²) in [5.74, 6) is -0.454. The van der Waals surface area contributed by atoms with E-state index in [1.54, 1.807) is 0 Å². The summed E-state index contributed by atoms with van der Waals surface area (Å²) in [6, 6.07) is 9.17. The number of nitrogens with one attached hydrogen (secondary N) is 1. The topological polar surface area (TPSA) is 72.2 Å². The average molecular weight is 222 g/mol. The van der Waals surface area contributed by atoms with Gasteiger partial charge in [0.2, 0.25) is 12.5 Å². The largest absolute Gasteiger partial charge is 0.355 e. The van der Waals surface area contributed by atoms with Gasteiger partial charge in [-0.1, -0.05) is 30.3 Å². The van der Waals surface area contributed by atoms with Crippen LogP contribution in [-0.2, 0) is 4.79 Å². The van der Waals surface area contributed by atoms with E-state index >= 15 is 0 Å². The van der Waals surface area contributed by atoms with E-state index in [2.05, 4.69) is 5.32 Å². The number of hydrogen-bond acceptors (Lipinski definition) is 3. The Morgan fingerprint density at radius 1 is 1.44 bits per heavy atom. The van der Waals surface area contributed by atoms with E-state index in [-0.39, 0.29) is 23.3 Å². The van der Waals surface area contributed by atoms with Crippen LogP contribution in [0.2, 0.25) is 0 Å². The Labute approximate surface area is 93.6 Å². The summed E-state index contributed by atoms with van der Waals surface area (Å²) in [5.41, 5.74) is 0.868. The fraction of sp³-hybridized carbons (Fsp3) is 0.364. The zero-order valence-electron chi connectivity index (χ0n) is 9.05. The molecule has 0 bridgehead atoms. The van der Waals surface area contributed by atoms with Gasteiger partial charge in [0.25, 0.3) is 0 Å². The molecule has 0 aliphatic rings. The summed E-state index contributed by atoms with van der Waals surface area (Å²) in [5, 5.41) is 13.1. The van der Waals surface area contributed by atoms with Gasteiger partial charge in [-0.15, -0.1) is 0 Å². The minimum atomic E-state index is -0.362. The minimum absolute atomic E-state index is 0.176. The van der Waals surface area contributed by atoms with Crippen LogP contribution < -0.4 is 5.32 Å². The van der Waals surface area contributed by atoms with Crippen LogP contribution in [-0.4, -0.2) is 23.9 Å². The molecule has 1 rings (SSSR count). The van der Waals surface area contributed by atoms with Crippen LogP contribution in [0.15, 0.2) is 30.3 Å². The molecule has 0 aliphatic heterocycles. The van der Waals surface area contributed by atoms with Crippen LogP contribution in [0, 0.1) is 10.1 Å². The van der Waals surface area contributed by atoms with Crippen LogP contribution in [0.5, 0.6) is 0 Å². The fourth-order valence-corrected chi connectivity index (χ4v) is 1.46. The molecule has 0 heterocycles. The third-order valence-corrected chi connectivity index (χ3v) is 2.24. The molecule has 0 aromatic heterocycles. The third kappa shape index (κ3) is 4.08. The molecule has 0 fully saturated rings. The van der Waals surface area contributed by atoms with Gasteiger partial charge in [-0.3, -0.25) is 14.9 Å². The van der Waals surface area contributed by atoms with Gasteiger partial charge in [0.1, 0.15) is 0 Å². The number of nitro groups is 1. The standard InChI is InChI=1S/C11H14N2O3/c1-9(14)12-7-11(8-13(15)16)10-5-3-2-4-6-10/h2-6,11H,7-8H2,1H3,(H,12,14). The summed E-state index contributed by atoms with van der Waals surface area (Å²) in [6.07, 6.45) is 0. The van der Waals surface area contributed by atoms with Crippen molar-refractivity contribution in [1.29, 1.82) is 0 Å². The second kappa shape index (κ2) is 5.85. The summed E-state index contributed by atoms with van der Waals surface area (Å²) >= 11 is 0. The Bertz CT molecular complexity index is 365. The van der Waals surface area contributed by atoms with Crippen molar-refractivity contribution < 1.29 is 9.72 Å². The van der Waals surface area contributed by atoms with Crippen molar-refractivity contribution in [2.24, 2.45) is 0 Å². The molecule has 16 heavy (non-hydrogen) atoms. The minimum Gasteiger partial charge on any atom is -0.355 e. The lowest BCUT2D eigenvalue weighted by Gasteiger charge is -2.13. The first-order valence-corrected chi connectivity index (χ1v) is 5.00. The fourth-order valence-electron chi connectivity index (χ4n) is 1.46. The van der Waals surface area contributed by atoms with E-state index in [0.717, 1.165) is 5.56 Å². The van der Waals surface area contributed by atoms with Gasteiger partial charge in [0.05, 0.1) is 5.92 Å². The molecule has 0 spiro atoms. The first-order valence-electron chi connectivity index (χ1n) is 5.00. The van der Waals surface area contributed by atoms with E-state index in [1.165, 1.54) is 6.92 Å². The lowest BCUT2D eigenvalue weighted by atomic mass is 9.99. The number of hydrogen-bond donors (Lipinski definition) is 1. The van der Waals surface area contributed by atoms with Crippen molar-refractivity contribution in [2.45, 2.75) is 12.8 Å². The Morgan fingerprint density at radius 2 is 2.06 bits per heavy atom. The maximum Gasteiger partial charge on any atom is 0.216 e. The molecular formula is C11H14N2O3. The van der Waals surface area contributed by atoms with Gasteiger partial charge in [-0.05, 0) is 5.56 Å². The molecule has 1 aromatic rings. The van der Waals surface area contributed by atoms with Crippen molar-refractivity contribution >= 4 is 5.91 Å². The Balaban J connectivity index is 2.71. The van der Waals surface area contributed by atoms with E-state index in [0.29, 0.717) is 6.54 Å². The van der Waals surface area contributed by atoms with Crippen LogP contribution >= 0.6 is 0 Å². The number of carbonyl (C=O) groups excluding carboxylic acids is 1. The second-order valence-electron chi connectivity index (χ2n) is 3.56. The van der Waals surface area contributed by atoms with Crippen molar-refractivity contribution in [3.05, 3.63) is 46.0 Å². The first-order chi connectivity index (χ1) is 7.59. The molecule has 0 saturated heterocycles. The number of nitrogens with zero attached hydrogens (tertiary/aromatic N) is 1. The highest BCUT2D eigenvalue weighted by atomic mass is 16.6. The molecule has 1 amide bonds. The van der Waals surface area contributed by atoms with Gasteiger partial charge in [0.15, 0.2) is 0 Å². The van der Waals surface area contributed by atoms with Gasteiger partial charge in [-0.2, -0.15) is 0 Å². The van der Waals surface area contributed by atoms with Gasteiger partial charge < -0.3 is 5.32 Å². The zero-order chi connectivity index (χ0) is 12.0. The molecule has 5 nitrogen and oxygen atoms in total. The molecule has 1 aromatic carbocycles. The predicted molar refractivity (Wildman–Crippen MR) is 59.7 cm³/mol. The smallest absolute Gasteiger partial charge is 0.216 e. The van der Waals surface area contributed by atoms with Gasteiger partial charge in [-0.25, -0.2) is 0 Å². The summed E-state index contributed by atoms with van der Waals surface area (Å²) in [6.45, 7) is 1.51. The van der Waals surface area contributed by atoms with Crippen LogP contribution in [0.25, 0.3) is 0 Å². The van der Waals surface area contributed by atoms with E-state index in [1.807, 2.05) is 30.3 Å².